The first-order valence-electron chi connectivity index (χ1n) is 16.2. The molecule has 0 radical (unpaired) electrons. The Labute approximate surface area is 289 Å². The molecule has 3 aromatic carbocycles. The second-order valence-electron chi connectivity index (χ2n) is 13.7. The van der Waals surface area contributed by atoms with Crippen LogP contribution in [-0.2, 0) is 20.7 Å². The zero-order chi connectivity index (χ0) is 35.1. The molecule has 0 bridgehead atoms. The summed E-state index contributed by atoms with van der Waals surface area (Å²) in [7, 11) is 3.91. The van der Waals surface area contributed by atoms with Crippen molar-refractivity contribution in [2.45, 2.75) is 77.1 Å². The lowest BCUT2D eigenvalue weighted by molar-refractivity contribution is -0.130. The van der Waals surface area contributed by atoms with E-state index in [9.17, 15) is 9.59 Å². The largest absolute Gasteiger partial charge is 0.465 e. The third-order valence-electron chi connectivity index (χ3n) is 7.93. The van der Waals surface area contributed by atoms with Gasteiger partial charge in [0.2, 0.25) is 11.8 Å². The van der Waals surface area contributed by atoms with Gasteiger partial charge >= 0.3 is 0 Å². The van der Waals surface area contributed by atoms with Crippen molar-refractivity contribution in [3.63, 3.8) is 0 Å². The Morgan fingerprint density at radius 3 is 2.31 bits per heavy atom. The highest BCUT2D eigenvalue weighted by molar-refractivity contribution is 7.80. The minimum atomic E-state index is -1.14. The van der Waals surface area contributed by atoms with E-state index >= 15 is 0 Å². The first-order chi connectivity index (χ1) is 22.6. The Balaban J connectivity index is 1.53. The number of hydrogen-bond donors (Lipinski definition) is 3. The molecule has 0 saturated carbocycles. The molecule has 0 spiro atoms. The fourth-order valence-electron chi connectivity index (χ4n) is 5.29. The van der Waals surface area contributed by atoms with Gasteiger partial charge in [-0.05, 0) is 94.1 Å². The number of nitrogens with one attached hydrogen (secondary N) is 3. The molecule has 9 nitrogen and oxygen atoms in total. The van der Waals surface area contributed by atoms with Gasteiger partial charge in [0, 0.05) is 26.0 Å². The summed E-state index contributed by atoms with van der Waals surface area (Å²) >= 11 is 5.35. The van der Waals surface area contributed by atoms with E-state index in [2.05, 4.69) is 70.0 Å². The number of imidazole rings is 1. The Hall–Kier alpha value is -4.70. The standard InChI is InChI=1S/C38H48N6O3S/c1-26(43(7)8)33(30-22-21-28-18-12-13-19-29(28)23-30)44-24-32(39-25-44)41-34(45)31(20-14-17-27-15-10-9-11-16-27)40-35(46)38(5,6)42-36(48)47-37(2,3)4/h9-13,15-16,18-19,21-25,31,33H,1,14,17,20H2,2-8H3,(H,40,46)(H,41,45)(H,42,48). The molecule has 0 fully saturated rings. The predicted molar refractivity (Wildman–Crippen MR) is 198 cm³/mol. The van der Waals surface area contributed by atoms with Crippen molar-refractivity contribution in [2.24, 2.45) is 0 Å². The second-order valence-corrected chi connectivity index (χ2v) is 14.1. The minimum absolute atomic E-state index is 0.110. The molecule has 2 unspecified atom stereocenters. The van der Waals surface area contributed by atoms with E-state index in [-0.39, 0.29) is 23.0 Å². The topological polar surface area (TPSA) is 101 Å². The molecule has 2 atom stereocenters. The average Bonchev–Trinajstić information content (AvgIpc) is 3.47. The molecule has 4 aromatic rings. The van der Waals surface area contributed by atoms with Gasteiger partial charge < -0.3 is 30.2 Å². The number of rotatable bonds is 13. The highest BCUT2D eigenvalue weighted by Crippen LogP contribution is 2.30. The first kappa shape index (κ1) is 36.1. The summed E-state index contributed by atoms with van der Waals surface area (Å²) in [6, 6.07) is 23.5. The lowest BCUT2D eigenvalue weighted by Gasteiger charge is -2.31. The van der Waals surface area contributed by atoms with Crippen molar-refractivity contribution in [3.8, 4) is 0 Å². The number of thiocarbonyl (C=S) groups is 1. The number of allylic oxidation sites excluding steroid dienone is 1. The molecular formula is C38H48N6O3S. The quantitative estimate of drug-likeness (QED) is 0.138. The van der Waals surface area contributed by atoms with Gasteiger partial charge in [-0.1, -0.05) is 73.3 Å². The number of anilines is 1. The maximum absolute atomic E-state index is 13.8. The van der Waals surface area contributed by atoms with Crippen LogP contribution >= 0.6 is 12.2 Å². The molecule has 0 aliphatic heterocycles. The van der Waals surface area contributed by atoms with Crippen molar-refractivity contribution in [1.82, 2.24) is 25.1 Å². The zero-order valence-corrected chi connectivity index (χ0v) is 29.9. The molecule has 0 aliphatic rings. The van der Waals surface area contributed by atoms with Gasteiger partial charge in [-0.2, -0.15) is 0 Å². The van der Waals surface area contributed by atoms with Crippen LogP contribution in [0.25, 0.3) is 10.8 Å². The van der Waals surface area contributed by atoms with Crippen molar-refractivity contribution in [3.05, 3.63) is 109 Å². The summed E-state index contributed by atoms with van der Waals surface area (Å²) in [5.41, 5.74) is 1.40. The van der Waals surface area contributed by atoms with Gasteiger partial charge in [-0.3, -0.25) is 9.59 Å². The van der Waals surface area contributed by atoms with Crippen LogP contribution in [0.15, 0.2) is 97.6 Å². The van der Waals surface area contributed by atoms with E-state index in [0.717, 1.165) is 34.0 Å². The van der Waals surface area contributed by atoms with Gasteiger partial charge in [0.15, 0.2) is 5.82 Å². The normalized spacial score (nSPS) is 12.9. The lowest BCUT2D eigenvalue weighted by atomic mass is 9.99. The Bertz CT molecular complexity index is 1740. The summed E-state index contributed by atoms with van der Waals surface area (Å²) in [6.07, 6.45) is 5.35. The minimum Gasteiger partial charge on any atom is -0.465 e. The second kappa shape index (κ2) is 15.5. The smallest absolute Gasteiger partial charge is 0.258 e. The number of benzene rings is 3. The fraction of sp³-hybridized carbons (Fsp3) is 0.368. The molecule has 1 heterocycles. The summed E-state index contributed by atoms with van der Waals surface area (Å²) in [5.74, 6) is -0.372. The number of amides is 2. The Kier molecular flexibility index (Phi) is 11.6. The summed E-state index contributed by atoms with van der Waals surface area (Å²) in [5, 5.41) is 11.3. The van der Waals surface area contributed by atoms with Gasteiger partial charge in [0.25, 0.3) is 5.17 Å². The Morgan fingerprint density at radius 2 is 1.65 bits per heavy atom. The van der Waals surface area contributed by atoms with Gasteiger partial charge in [0.05, 0.1) is 12.4 Å². The summed E-state index contributed by atoms with van der Waals surface area (Å²) in [4.78, 5) is 33.8. The average molecular weight is 669 g/mol. The van der Waals surface area contributed by atoms with Crippen LogP contribution in [0.5, 0.6) is 0 Å². The monoisotopic (exact) mass is 668 g/mol. The van der Waals surface area contributed by atoms with E-state index < -0.39 is 17.2 Å². The number of carbonyl (C=O) groups excluding carboxylic acids is 2. The first-order valence-corrected chi connectivity index (χ1v) is 16.6. The van der Waals surface area contributed by atoms with E-state index in [1.54, 1.807) is 26.4 Å². The lowest BCUT2D eigenvalue weighted by Crippen LogP contribution is -2.58. The zero-order valence-electron chi connectivity index (χ0n) is 29.0. The predicted octanol–water partition coefficient (Wildman–Crippen LogP) is 6.62. The molecule has 48 heavy (non-hydrogen) atoms. The molecule has 10 heteroatoms. The number of ether oxygens (including phenoxy) is 1. The fourth-order valence-corrected chi connectivity index (χ4v) is 5.80. The van der Waals surface area contributed by atoms with Gasteiger partial charge in [-0.25, -0.2) is 4.98 Å². The molecule has 4 rings (SSSR count). The van der Waals surface area contributed by atoms with Crippen LogP contribution in [0, 0.1) is 0 Å². The third kappa shape index (κ3) is 9.90. The van der Waals surface area contributed by atoms with Crippen LogP contribution < -0.4 is 16.0 Å². The Morgan fingerprint density at radius 1 is 0.979 bits per heavy atom. The molecule has 0 aliphatic carbocycles. The SMILES string of the molecule is C=C(C(c1ccc2ccccc2c1)n1cnc(NC(=O)C(CCCc2ccccc2)NC(=O)C(C)(C)NC(=S)OC(C)(C)C)c1)N(C)C. The molecule has 1 aromatic heterocycles. The van der Waals surface area contributed by atoms with E-state index in [1.165, 1.54) is 0 Å². The molecule has 0 saturated heterocycles. The molecular weight excluding hydrogens is 621 g/mol. The third-order valence-corrected chi connectivity index (χ3v) is 8.12. The van der Waals surface area contributed by atoms with Crippen molar-refractivity contribution < 1.29 is 14.3 Å². The van der Waals surface area contributed by atoms with Crippen molar-refractivity contribution in [1.29, 1.82) is 0 Å². The number of carbonyl (C=O) groups is 2. The van der Waals surface area contributed by atoms with Crippen LogP contribution in [0.2, 0.25) is 0 Å². The van der Waals surface area contributed by atoms with Gasteiger partial charge in [-0.15, -0.1) is 0 Å². The van der Waals surface area contributed by atoms with E-state index in [1.807, 2.05) is 74.7 Å². The molecule has 3 N–H and O–H groups in total. The van der Waals surface area contributed by atoms with Gasteiger partial charge in [0.1, 0.15) is 17.2 Å². The number of likely N-dealkylation sites (N-methyl/N-ethyl adjacent to an activating group) is 1. The molecule has 254 valence electrons. The van der Waals surface area contributed by atoms with Crippen molar-refractivity contribution >= 4 is 45.8 Å². The number of nitrogens with zero attached hydrogens (tertiary/aromatic N) is 3. The number of aryl methyl sites for hydroxylation is 1. The maximum atomic E-state index is 13.8. The highest BCUT2D eigenvalue weighted by Gasteiger charge is 2.33. The summed E-state index contributed by atoms with van der Waals surface area (Å²) in [6.45, 7) is 13.4. The van der Waals surface area contributed by atoms with Crippen LogP contribution in [0.1, 0.15) is 64.6 Å². The number of aromatic nitrogens is 2. The summed E-state index contributed by atoms with van der Waals surface area (Å²) < 4.78 is 7.66. The number of hydrogen-bond acceptors (Lipinski definition) is 6. The van der Waals surface area contributed by atoms with E-state index in [0.29, 0.717) is 18.7 Å². The van der Waals surface area contributed by atoms with E-state index in [4.69, 9.17) is 17.0 Å². The van der Waals surface area contributed by atoms with Crippen LogP contribution in [-0.4, -0.2) is 62.7 Å². The molecule has 2 amide bonds. The number of fused-ring (bicyclic) bond motifs is 1. The van der Waals surface area contributed by atoms with Crippen molar-refractivity contribution in [2.75, 3.05) is 19.4 Å². The maximum Gasteiger partial charge on any atom is 0.258 e. The van der Waals surface area contributed by atoms with Crippen LogP contribution in [0.4, 0.5) is 5.82 Å². The van der Waals surface area contributed by atoms with Crippen LogP contribution in [0.3, 0.4) is 0 Å². The highest BCUT2D eigenvalue weighted by atomic mass is 32.1.